The first kappa shape index (κ1) is 25.4. The van der Waals surface area contributed by atoms with Gasteiger partial charge in [-0.25, -0.2) is 9.37 Å². The highest BCUT2D eigenvalue weighted by Gasteiger charge is 2.36. The van der Waals surface area contributed by atoms with Crippen molar-refractivity contribution < 1.29 is 28.5 Å². The van der Waals surface area contributed by atoms with Crippen LogP contribution < -0.4 is 4.74 Å². The number of carbonyl (C=O) groups is 1. The lowest BCUT2D eigenvalue weighted by Crippen LogP contribution is -2.26. The number of aromatic nitrogens is 1. The summed E-state index contributed by atoms with van der Waals surface area (Å²) in [6.07, 6.45) is -0.817. The van der Waals surface area contributed by atoms with Gasteiger partial charge in [0.25, 0.3) is 0 Å². The molecule has 3 unspecified atom stereocenters. The van der Waals surface area contributed by atoms with E-state index in [1.807, 2.05) is 50.2 Å². The third-order valence-electron chi connectivity index (χ3n) is 5.29. The third kappa shape index (κ3) is 6.00. The molecule has 2 aromatic carbocycles. The van der Waals surface area contributed by atoms with Crippen LogP contribution in [-0.4, -0.2) is 32.7 Å². The van der Waals surface area contributed by atoms with Crippen LogP contribution in [0.15, 0.2) is 73.3 Å². The maximum Gasteiger partial charge on any atom is 0.515 e. The zero-order valence-electron chi connectivity index (χ0n) is 18.9. The van der Waals surface area contributed by atoms with Gasteiger partial charge in [0.05, 0.1) is 12.1 Å². The second-order valence-electron chi connectivity index (χ2n) is 8.08. The molecule has 1 heterocycles. The normalized spacial score (nSPS) is 13.3. The standard InChI is InChI=1S/C26H25FNO5P/c1-4-23(34(31)32)22(29)15-24(30)33-26-20(16(2)3)14-21(17-8-6-5-7-9-17)28-25(26)18-10-12-19(27)13-11-18/h4-14,16,22-23,29H,1,15H2,2-3H3/p+1. The van der Waals surface area contributed by atoms with E-state index in [2.05, 4.69) is 6.58 Å². The molecule has 0 amide bonds. The second-order valence-corrected chi connectivity index (χ2v) is 9.28. The average Bonchev–Trinajstić information content (AvgIpc) is 2.80. The van der Waals surface area contributed by atoms with Gasteiger partial charge in [-0.15, -0.1) is 0 Å². The zero-order chi connectivity index (χ0) is 24.8. The largest absolute Gasteiger partial charge is 0.515 e. The number of carbonyl (C=O) groups excluding carboxylic acids is 1. The van der Waals surface area contributed by atoms with Crippen LogP contribution in [-0.2, 0) is 9.36 Å². The average molecular weight is 482 g/mol. The third-order valence-corrected chi connectivity index (χ3v) is 6.36. The van der Waals surface area contributed by atoms with Crippen molar-refractivity contribution in [1.29, 1.82) is 0 Å². The molecule has 34 heavy (non-hydrogen) atoms. The Bertz CT molecular complexity index is 1180. The van der Waals surface area contributed by atoms with Crippen LogP contribution in [0.2, 0.25) is 0 Å². The summed E-state index contributed by atoms with van der Waals surface area (Å²) in [4.78, 5) is 26.8. The van der Waals surface area contributed by atoms with E-state index in [1.165, 1.54) is 12.1 Å². The number of aliphatic hydroxyl groups is 1. The molecule has 0 saturated carbocycles. The van der Waals surface area contributed by atoms with Crippen LogP contribution in [0.25, 0.3) is 22.5 Å². The van der Waals surface area contributed by atoms with Gasteiger partial charge in [-0.2, -0.15) is 4.89 Å². The quantitative estimate of drug-likeness (QED) is 0.233. The minimum absolute atomic E-state index is 0.0646. The van der Waals surface area contributed by atoms with Crippen LogP contribution >= 0.6 is 8.03 Å². The van der Waals surface area contributed by atoms with Crippen LogP contribution in [0.3, 0.4) is 0 Å². The number of ether oxygens (including phenoxy) is 1. The summed E-state index contributed by atoms with van der Waals surface area (Å²) in [7, 11) is -2.76. The number of aliphatic hydroxyl groups excluding tert-OH is 1. The van der Waals surface area contributed by atoms with E-state index >= 15 is 0 Å². The van der Waals surface area contributed by atoms with Gasteiger partial charge in [-0.1, -0.05) is 50.8 Å². The molecular formula is C26H26FNO5P+. The van der Waals surface area contributed by atoms with E-state index in [-0.39, 0.29) is 11.7 Å². The van der Waals surface area contributed by atoms with E-state index in [9.17, 15) is 23.7 Å². The summed E-state index contributed by atoms with van der Waals surface area (Å²) in [6.45, 7) is 7.31. The Balaban J connectivity index is 2.09. The molecule has 1 aromatic heterocycles. The van der Waals surface area contributed by atoms with Gasteiger partial charge in [-0.05, 0) is 46.9 Å². The van der Waals surface area contributed by atoms with Crippen LogP contribution in [0.4, 0.5) is 4.39 Å². The number of halogens is 1. The Labute approximate surface area is 198 Å². The van der Waals surface area contributed by atoms with Crippen molar-refractivity contribution in [2.24, 2.45) is 0 Å². The smallest absolute Gasteiger partial charge is 0.424 e. The van der Waals surface area contributed by atoms with Gasteiger partial charge in [0.15, 0.2) is 5.75 Å². The van der Waals surface area contributed by atoms with Crippen molar-refractivity contribution in [3.8, 4) is 28.3 Å². The topological polar surface area (TPSA) is 96.7 Å². The molecule has 0 aliphatic rings. The first-order valence-electron chi connectivity index (χ1n) is 10.7. The number of rotatable bonds is 9. The van der Waals surface area contributed by atoms with Crippen molar-refractivity contribution in [1.82, 2.24) is 4.98 Å². The Hall–Kier alpha value is -3.25. The number of hydrogen-bond acceptors (Lipinski definition) is 5. The van der Waals surface area contributed by atoms with Gasteiger partial charge in [0, 0.05) is 16.7 Å². The molecule has 0 aliphatic carbocycles. The molecule has 0 spiro atoms. The Morgan fingerprint density at radius 1 is 1.15 bits per heavy atom. The van der Waals surface area contributed by atoms with Gasteiger partial charge < -0.3 is 9.84 Å². The lowest BCUT2D eigenvalue weighted by molar-refractivity contribution is -0.136. The molecule has 0 radical (unpaired) electrons. The Kier molecular flexibility index (Phi) is 8.40. The molecule has 3 atom stereocenters. The molecule has 0 aliphatic heterocycles. The highest BCUT2D eigenvalue weighted by Crippen LogP contribution is 2.39. The van der Waals surface area contributed by atoms with E-state index in [4.69, 9.17) is 9.72 Å². The number of nitrogens with zero attached hydrogens (tertiary/aromatic N) is 1. The molecule has 0 bridgehead atoms. The molecule has 0 saturated heterocycles. The summed E-state index contributed by atoms with van der Waals surface area (Å²) in [6, 6.07) is 17.0. The monoisotopic (exact) mass is 482 g/mol. The maximum absolute atomic E-state index is 13.6. The molecule has 3 rings (SSSR count). The fourth-order valence-corrected chi connectivity index (χ4v) is 4.07. The van der Waals surface area contributed by atoms with E-state index < -0.39 is 38.0 Å². The zero-order valence-corrected chi connectivity index (χ0v) is 19.8. The molecule has 0 fully saturated rings. The summed E-state index contributed by atoms with van der Waals surface area (Å²) < 4.78 is 30.7. The fraction of sp³-hybridized carbons (Fsp3) is 0.231. The second kappa shape index (κ2) is 11.3. The predicted octanol–water partition coefficient (Wildman–Crippen LogP) is 5.62. The molecular weight excluding hydrogens is 456 g/mol. The van der Waals surface area contributed by atoms with Crippen molar-refractivity contribution in [2.75, 3.05) is 0 Å². The molecule has 6 nitrogen and oxygen atoms in total. The van der Waals surface area contributed by atoms with Gasteiger partial charge in [0.2, 0.25) is 5.66 Å². The van der Waals surface area contributed by atoms with Crippen molar-refractivity contribution in [2.45, 2.75) is 37.9 Å². The van der Waals surface area contributed by atoms with Gasteiger partial charge in [-0.3, -0.25) is 4.79 Å². The molecule has 3 aromatic rings. The van der Waals surface area contributed by atoms with Gasteiger partial charge >= 0.3 is 14.0 Å². The van der Waals surface area contributed by atoms with Crippen molar-refractivity contribution >= 4 is 14.0 Å². The van der Waals surface area contributed by atoms with Crippen LogP contribution in [0.5, 0.6) is 5.75 Å². The fourth-order valence-electron chi connectivity index (χ4n) is 3.49. The highest BCUT2D eigenvalue weighted by atomic mass is 31.1. The van der Waals surface area contributed by atoms with Crippen LogP contribution in [0.1, 0.15) is 31.7 Å². The van der Waals surface area contributed by atoms with Crippen molar-refractivity contribution in [3.05, 3.63) is 84.7 Å². The lowest BCUT2D eigenvalue weighted by atomic mass is 9.96. The molecule has 8 heteroatoms. The lowest BCUT2D eigenvalue weighted by Gasteiger charge is -2.19. The van der Waals surface area contributed by atoms with E-state index in [1.54, 1.807) is 12.1 Å². The number of pyridine rings is 1. The SMILES string of the molecule is C=CC(C(O)CC(=O)Oc1c(C(C)C)cc(-c2ccccc2)nc1-c1ccc(F)cc1)[P+](=O)O. The minimum Gasteiger partial charge on any atom is -0.424 e. The van der Waals surface area contributed by atoms with Gasteiger partial charge in [0.1, 0.15) is 17.6 Å². The first-order chi connectivity index (χ1) is 16.2. The maximum atomic E-state index is 13.6. The van der Waals surface area contributed by atoms with E-state index in [0.29, 0.717) is 22.5 Å². The number of hydrogen-bond donors (Lipinski definition) is 2. The Morgan fingerprint density at radius 3 is 2.35 bits per heavy atom. The Morgan fingerprint density at radius 2 is 1.79 bits per heavy atom. The summed E-state index contributed by atoms with van der Waals surface area (Å²) in [5.74, 6) is -1.08. The summed E-state index contributed by atoms with van der Waals surface area (Å²) >= 11 is 0. The summed E-state index contributed by atoms with van der Waals surface area (Å²) in [5.41, 5.74) is 1.95. The molecule has 176 valence electrons. The van der Waals surface area contributed by atoms with Crippen LogP contribution in [0, 0.1) is 5.82 Å². The molecule has 2 N–H and O–H groups in total. The number of benzene rings is 2. The minimum atomic E-state index is -2.76. The van der Waals surface area contributed by atoms with Crippen molar-refractivity contribution in [3.63, 3.8) is 0 Å². The predicted molar refractivity (Wildman–Crippen MR) is 129 cm³/mol. The highest BCUT2D eigenvalue weighted by molar-refractivity contribution is 7.39. The number of esters is 1. The summed E-state index contributed by atoms with van der Waals surface area (Å²) in [5, 5.41) is 10.2. The first-order valence-corrected chi connectivity index (χ1v) is 12.0. The van der Waals surface area contributed by atoms with E-state index in [0.717, 1.165) is 11.6 Å².